The van der Waals surface area contributed by atoms with Gasteiger partial charge in [0, 0.05) is 6.42 Å². The van der Waals surface area contributed by atoms with Crippen LogP contribution in [-0.4, -0.2) is 16.9 Å². The fourth-order valence-electron chi connectivity index (χ4n) is 3.20. The van der Waals surface area contributed by atoms with Gasteiger partial charge in [-0.15, -0.1) is 0 Å². The highest BCUT2D eigenvalue weighted by atomic mass is 16.4. The summed E-state index contributed by atoms with van der Waals surface area (Å²) >= 11 is 0. The van der Waals surface area contributed by atoms with Gasteiger partial charge in [0.05, 0.1) is 0 Å². The topological polar surface area (TPSA) is 54.4 Å². The number of carboxylic acid groups (broad SMARTS) is 1. The van der Waals surface area contributed by atoms with Crippen LogP contribution in [0.3, 0.4) is 0 Å². The molecule has 1 N–H and O–H groups in total. The molecule has 1 aliphatic carbocycles. The minimum Gasteiger partial charge on any atom is -0.481 e. The normalized spacial score (nSPS) is 28.4. The van der Waals surface area contributed by atoms with E-state index in [1.54, 1.807) is 0 Å². The van der Waals surface area contributed by atoms with Gasteiger partial charge < -0.3 is 5.11 Å². The number of ketones is 1. The fourth-order valence-corrected chi connectivity index (χ4v) is 3.20. The first-order valence-corrected chi connectivity index (χ1v) is 8.38. The first kappa shape index (κ1) is 17.2. The Morgan fingerprint density at radius 1 is 0.900 bits per heavy atom. The van der Waals surface area contributed by atoms with Crippen LogP contribution in [0.2, 0.25) is 0 Å². The van der Waals surface area contributed by atoms with Crippen LogP contribution in [0.4, 0.5) is 0 Å². The van der Waals surface area contributed by atoms with Crippen molar-refractivity contribution in [2.45, 2.75) is 84.0 Å². The lowest BCUT2D eigenvalue weighted by Gasteiger charge is -2.19. The van der Waals surface area contributed by atoms with Crippen LogP contribution in [0.25, 0.3) is 0 Å². The second kappa shape index (κ2) is 9.95. The predicted molar refractivity (Wildman–Crippen MR) is 80.7 cm³/mol. The van der Waals surface area contributed by atoms with Crippen LogP contribution in [0.1, 0.15) is 84.0 Å². The molecule has 2 atom stereocenters. The van der Waals surface area contributed by atoms with Crippen LogP contribution in [0.15, 0.2) is 0 Å². The van der Waals surface area contributed by atoms with Gasteiger partial charge in [-0.05, 0) is 18.8 Å². The predicted octanol–water partition coefficient (Wildman–Crippen LogP) is 4.59. The summed E-state index contributed by atoms with van der Waals surface area (Å²) < 4.78 is 0. The van der Waals surface area contributed by atoms with Gasteiger partial charge in [0.15, 0.2) is 0 Å². The Morgan fingerprint density at radius 2 is 1.35 bits per heavy atom. The lowest BCUT2D eigenvalue weighted by Crippen LogP contribution is -2.30. The van der Waals surface area contributed by atoms with Crippen molar-refractivity contribution in [2.24, 2.45) is 11.8 Å². The Hall–Kier alpha value is -0.860. The molecule has 0 bridgehead atoms. The molecule has 1 aliphatic rings. The first-order valence-electron chi connectivity index (χ1n) is 8.38. The standard InChI is InChI=1S/C17H30O3/c1-14-12-10-8-6-4-2-3-5-7-9-11-13-15(18)16(14)17(19)20/h14,16H,2-13H2,1H3,(H,19,20)/t14-,16?/m1/s1. The zero-order valence-corrected chi connectivity index (χ0v) is 12.9. The van der Waals surface area contributed by atoms with Crippen molar-refractivity contribution in [2.75, 3.05) is 0 Å². The number of hydrogen-bond acceptors (Lipinski definition) is 2. The third-order valence-corrected chi connectivity index (χ3v) is 4.51. The quantitative estimate of drug-likeness (QED) is 0.716. The zero-order chi connectivity index (χ0) is 14.8. The summed E-state index contributed by atoms with van der Waals surface area (Å²) in [7, 11) is 0. The van der Waals surface area contributed by atoms with Gasteiger partial charge in [-0.25, -0.2) is 0 Å². The summed E-state index contributed by atoms with van der Waals surface area (Å²) in [5.41, 5.74) is 0. The van der Waals surface area contributed by atoms with Crippen molar-refractivity contribution < 1.29 is 14.7 Å². The van der Waals surface area contributed by atoms with E-state index in [0.29, 0.717) is 6.42 Å². The molecule has 1 rings (SSSR count). The molecular formula is C17H30O3. The van der Waals surface area contributed by atoms with Crippen molar-refractivity contribution in [3.05, 3.63) is 0 Å². The SMILES string of the molecule is C[C@@H]1CCCCCCCCCCCCC(=O)C1C(=O)O. The summed E-state index contributed by atoms with van der Waals surface area (Å²) in [5, 5.41) is 9.31. The van der Waals surface area contributed by atoms with E-state index < -0.39 is 11.9 Å². The van der Waals surface area contributed by atoms with Gasteiger partial charge in [-0.2, -0.15) is 0 Å². The van der Waals surface area contributed by atoms with Crippen LogP contribution >= 0.6 is 0 Å². The largest absolute Gasteiger partial charge is 0.481 e. The molecule has 3 nitrogen and oxygen atoms in total. The summed E-state index contributed by atoms with van der Waals surface area (Å²) in [5.74, 6) is -1.78. The minimum atomic E-state index is -0.924. The van der Waals surface area contributed by atoms with E-state index in [2.05, 4.69) is 0 Å². The van der Waals surface area contributed by atoms with Crippen molar-refractivity contribution >= 4 is 11.8 Å². The molecule has 0 aromatic carbocycles. The molecule has 0 aliphatic heterocycles. The molecule has 1 unspecified atom stereocenters. The second-order valence-electron chi connectivity index (χ2n) is 6.33. The zero-order valence-electron chi connectivity index (χ0n) is 12.9. The monoisotopic (exact) mass is 282 g/mol. The lowest BCUT2D eigenvalue weighted by molar-refractivity contribution is -0.148. The van der Waals surface area contributed by atoms with Gasteiger partial charge in [0.2, 0.25) is 0 Å². The van der Waals surface area contributed by atoms with Gasteiger partial charge in [-0.3, -0.25) is 9.59 Å². The molecule has 0 aromatic rings. The molecule has 0 radical (unpaired) electrons. The molecule has 116 valence electrons. The maximum absolute atomic E-state index is 12.1. The highest BCUT2D eigenvalue weighted by Crippen LogP contribution is 2.23. The summed E-state index contributed by atoms with van der Waals surface area (Å²) in [6, 6.07) is 0. The van der Waals surface area contributed by atoms with Crippen LogP contribution in [-0.2, 0) is 9.59 Å². The van der Waals surface area contributed by atoms with Crippen molar-refractivity contribution in [1.29, 1.82) is 0 Å². The van der Waals surface area contributed by atoms with Crippen molar-refractivity contribution in [3.8, 4) is 0 Å². The fraction of sp³-hybridized carbons (Fsp3) is 0.882. The Kier molecular flexibility index (Phi) is 8.56. The molecule has 20 heavy (non-hydrogen) atoms. The van der Waals surface area contributed by atoms with E-state index in [-0.39, 0.29) is 11.7 Å². The van der Waals surface area contributed by atoms with Crippen LogP contribution in [0, 0.1) is 11.8 Å². The molecule has 0 aromatic heterocycles. The van der Waals surface area contributed by atoms with E-state index in [1.807, 2.05) is 6.92 Å². The molecule has 0 spiro atoms. The molecular weight excluding hydrogens is 252 g/mol. The average Bonchev–Trinajstić information content (AvgIpc) is 2.39. The highest BCUT2D eigenvalue weighted by molar-refractivity contribution is 5.98. The van der Waals surface area contributed by atoms with Crippen LogP contribution < -0.4 is 0 Å². The Morgan fingerprint density at radius 3 is 1.85 bits per heavy atom. The number of Topliss-reactive ketones (excluding diaryl/α,β-unsaturated/α-hetero) is 1. The Bertz CT molecular complexity index is 299. The van der Waals surface area contributed by atoms with E-state index in [0.717, 1.165) is 25.7 Å². The van der Waals surface area contributed by atoms with E-state index >= 15 is 0 Å². The van der Waals surface area contributed by atoms with E-state index in [9.17, 15) is 14.7 Å². The van der Waals surface area contributed by atoms with Gasteiger partial charge in [-0.1, -0.05) is 64.7 Å². The molecule has 0 saturated heterocycles. The first-order chi connectivity index (χ1) is 9.63. The Labute approximate surface area is 123 Å². The molecule has 0 amide bonds. The third-order valence-electron chi connectivity index (χ3n) is 4.51. The number of hydrogen-bond donors (Lipinski definition) is 1. The van der Waals surface area contributed by atoms with Gasteiger partial charge >= 0.3 is 5.97 Å². The van der Waals surface area contributed by atoms with E-state index in [4.69, 9.17) is 0 Å². The number of carbonyl (C=O) groups is 2. The summed E-state index contributed by atoms with van der Waals surface area (Å²) in [6.07, 6.45) is 13.1. The number of carbonyl (C=O) groups excluding carboxylic acids is 1. The summed E-state index contributed by atoms with van der Waals surface area (Å²) in [6.45, 7) is 1.93. The number of rotatable bonds is 1. The van der Waals surface area contributed by atoms with Crippen LogP contribution in [0.5, 0.6) is 0 Å². The average molecular weight is 282 g/mol. The highest BCUT2D eigenvalue weighted by Gasteiger charge is 2.30. The lowest BCUT2D eigenvalue weighted by atomic mass is 9.84. The third kappa shape index (κ3) is 6.53. The number of aliphatic carboxylic acids is 1. The second-order valence-corrected chi connectivity index (χ2v) is 6.33. The number of carboxylic acids is 1. The van der Waals surface area contributed by atoms with Gasteiger partial charge in [0.1, 0.15) is 11.7 Å². The van der Waals surface area contributed by atoms with Crippen molar-refractivity contribution in [1.82, 2.24) is 0 Å². The Balaban J connectivity index is 2.54. The maximum atomic E-state index is 12.1. The molecule has 0 heterocycles. The maximum Gasteiger partial charge on any atom is 0.314 e. The molecule has 1 saturated carbocycles. The smallest absolute Gasteiger partial charge is 0.314 e. The minimum absolute atomic E-state index is 0.0230. The van der Waals surface area contributed by atoms with Crippen molar-refractivity contribution in [3.63, 3.8) is 0 Å². The van der Waals surface area contributed by atoms with Gasteiger partial charge in [0.25, 0.3) is 0 Å². The summed E-state index contributed by atoms with van der Waals surface area (Å²) in [4.78, 5) is 23.5. The van der Waals surface area contributed by atoms with E-state index in [1.165, 1.54) is 44.9 Å². The molecule has 1 fully saturated rings. The molecule has 3 heteroatoms.